The van der Waals surface area contributed by atoms with Crippen LogP contribution in [0.1, 0.15) is 0 Å². The Morgan fingerprint density at radius 3 is 0.455 bits per heavy atom. The van der Waals surface area contributed by atoms with Crippen molar-refractivity contribution in [3.8, 4) is 0 Å². The van der Waals surface area contributed by atoms with Crippen LogP contribution in [0.5, 0.6) is 0 Å². The molecule has 0 aliphatic heterocycles. The Labute approximate surface area is 150 Å². The third-order valence-corrected chi connectivity index (χ3v) is 0. The number of hydrogen-bond donors (Lipinski definition) is 0. The van der Waals surface area contributed by atoms with E-state index in [1.807, 2.05) is 0 Å². The Morgan fingerprint density at radius 1 is 0.455 bits per heavy atom. The minimum absolute atomic E-state index is 0. The zero-order valence-corrected chi connectivity index (χ0v) is 18.5. The molecule has 12 nitrogen and oxygen atoms in total. The van der Waals surface area contributed by atoms with Gasteiger partial charge in [-0.15, -0.1) is 0 Å². The fourth-order valence-electron chi connectivity index (χ4n) is 0. The smallest absolute Gasteiger partial charge is 0.786 e. The molecule has 0 radical (unpaired) electrons. The minimum atomic E-state index is -5.64. The van der Waals surface area contributed by atoms with Crippen molar-refractivity contribution in [3.05, 3.63) is 0 Å². The normalized spacial score (nSPS) is 10.7. The van der Waals surface area contributed by atoms with E-state index in [-0.39, 0.29) is 45.0 Å². The zero-order chi connectivity index (χ0) is 18.0. The number of halogens is 4. The number of hydrogen-bond acceptors (Lipinski definition) is 12. The van der Waals surface area contributed by atoms with Crippen LogP contribution in [0.25, 0.3) is 0 Å². The molecule has 0 bridgehead atoms. The SMILES string of the molecule is O=P([O-])([O-])F.O=P([O-])([O-])F.O=P([O-])([O-])F.O=P([O-])([O-])F.[Sn+4].[W]. The fraction of sp³-hybridized carbons (Fsp3) is 0. The van der Waals surface area contributed by atoms with Crippen LogP contribution in [-0.4, -0.2) is 23.9 Å². The summed E-state index contributed by atoms with van der Waals surface area (Å²) < 4.78 is 74.3. The van der Waals surface area contributed by atoms with Crippen LogP contribution >= 0.6 is 31.6 Å². The van der Waals surface area contributed by atoms with Gasteiger partial charge in [0.1, 0.15) is 31.6 Å². The predicted molar refractivity (Wildman–Crippen MR) is 40.6 cm³/mol. The van der Waals surface area contributed by atoms with E-state index in [1.54, 1.807) is 0 Å². The molecule has 0 aromatic rings. The summed E-state index contributed by atoms with van der Waals surface area (Å²) in [5, 5.41) is 0. The van der Waals surface area contributed by atoms with Crippen LogP contribution in [0.4, 0.5) is 16.8 Å². The Bertz CT molecular complexity index is 304. The maximum absolute atomic E-state index is 10.1. The van der Waals surface area contributed by atoms with Gasteiger partial charge in [-0.1, -0.05) is 0 Å². The standard InChI is InChI=1S/4FH2O3P.Sn.W/c4*1-5(2,3)4;;/h4*(H2,2,3,4);;/q;;;;+4;/p-8. The zero-order valence-electron chi connectivity index (χ0n) is 9.11. The Balaban J connectivity index is -0.0000000376. The van der Waals surface area contributed by atoms with Gasteiger partial charge < -0.3 is 57.4 Å². The van der Waals surface area contributed by atoms with Crippen LogP contribution < -0.4 is 39.1 Å². The van der Waals surface area contributed by atoms with E-state index in [2.05, 4.69) is 0 Å². The monoisotopic (exact) mass is 696 g/mol. The Hall–Kier alpha value is 1.81. The molecular weight excluding hydrogens is 694 g/mol. The van der Waals surface area contributed by atoms with E-state index in [1.165, 1.54) is 0 Å². The molecule has 0 saturated carbocycles. The second kappa shape index (κ2) is 16.3. The van der Waals surface area contributed by atoms with Gasteiger partial charge in [0, 0.05) is 21.1 Å². The van der Waals surface area contributed by atoms with Crippen LogP contribution in [0.15, 0.2) is 0 Å². The van der Waals surface area contributed by atoms with Crippen molar-refractivity contribution >= 4 is 55.5 Å². The molecule has 0 N–H and O–H groups in total. The van der Waals surface area contributed by atoms with Crippen LogP contribution in [0.3, 0.4) is 0 Å². The summed E-state index contributed by atoms with van der Waals surface area (Å²) in [6.07, 6.45) is 0. The van der Waals surface area contributed by atoms with Gasteiger partial charge in [0.2, 0.25) is 0 Å². The molecule has 134 valence electrons. The summed E-state index contributed by atoms with van der Waals surface area (Å²) in [5.41, 5.74) is 0. The first kappa shape index (κ1) is 39.1. The van der Waals surface area contributed by atoms with E-state index in [9.17, 15) is 16.8 Å². The van der Waals surface area contributed by atoms with Gasteiger partial charge in [-0.05, 0) is 0 Å². The first-order chi connectivity index (χ1) is 8.00. The summed E-state index contributed by atoms with van der Waals surface area (Å²) >= 11 is 0. The van der Waals surface area contributed by atoms with Gasteiger partial charge >= 0.3 is 23.9 Å². The summed E-state index contributed by atoms with van der Waals surface area (Å²) in [6, 6.07) is 0. The van der Waals surface area contributed by atoms with Gasteiger partial charge in [0.15, 0.2) is 0 Å². The molecule has 0 aliphatic rings. The summed E-state index contributed by atoms with van der Waals surface area (Å²) in [6.45, 7) is 0. The van der Waals surface area contributed by atoms with E-state index in [4.69, 9.17) is 57.4 Å². The first-order valence-electron chi connectivity index (χ1n) is 2.87. The molecule has 0 heterocycles. The molecule has 0 saturated heterocycles. The Morgan fingerprint density at radius 2 is 0.455 bits per heavy atom. The molecule has 0 rings (SSSR count). The van der Waals surface area contributed by atoms with E-state index in [0.717, 1.165) is 0 Å². The van der Waals surface area contributed by atoms with E-state index in [0.29, 0.717) is 0 Å². The second-order valence-electron chi connectivity index (χ2n) is 1.72. The van der Waals surface area contributed by atoms with Gasteiger partial charge in [-0.25, -0.2) is 16.8 Å². The van der Waals surface area contributed by atoms with Crippen molar-refractivity contribution in [3.63, 3.8) is 0 Å². The molecule has 0 unspecified atom stereocenters. The molecule has 0 fully saturated rings. The Kier molecular flexibility index (Phi) is 28.9. The third kappa shape index (κ3) is 2890. The second-order valence-corrected chi connectivity index (χ2v) is 5.17. The molecule has 0 atom stereocenters. The van der Waals surface area contributed by atoms with Crippen LogP contribution in [0, 0.1) is 0 Å². The topological polar surface area (TPSA) is 253 Å². The summed E-state index contributed by atoms with van der Waals surface area (Å²) in [4.78, 5) is 67.5. The van der Waals surface area contributed by atoms with Crippen molar-refractivity contribution in [1.82, 2.24) is 0 Å². The molecule has 0 aliphatic carbocycles. The van der Waals surface area contributed by atoms with Crippen LogP contribution in [-0.2, 0) is 39.3 Å². The van der Waals surface area contributed by atoms with Crippen molar-refractivity contribution in [2.45, 2.75) is 0 Å². The molecule has 0 spiro atoms. The molecule has 0 aromatic heterocycles. The quantitative estimate of drug-likeness (QED) is 0.131. The average Bonchev–Trinajstić information content (AvgIpc) is 1.62. The van der Waals surface area contributed by atoms with Crippen LogP contribution in [0.2, 0.25) is 0 Å². The molecule has 0 aromatic carbocycles. The summed E-state index contributed by atoms with van der Waals surface area (Å²) in [7, 11) is -22.6. The maximum atomic E-state index is 10.1. The maximum Gasteiger partial charge on any atom is 4.00 e. The summed E-state index contributed by atoms with van der Waals surface area (Å²) in [5.74, 6) is 0. The predicted octanol–water partition coefficient (Wildman–Crippen LogP) is -5.24. The van der Waals surface area contributed by atoms with Crippen molar-refractivity contribution in [2.75, 3.05) is 0 Å². The minimum Gasteiger partial charge on any atom is -0.786 e. The van der Waals surface area contributed by atoms with Crippen molar-refractivity contribution in [1.29, 1.82) is 0 Å². The van der Waals surface area contributed by atoms with Gasteiger partial charge in [0.25, 0.3) is 0 Å². The first-order valence-corrected chi connectivity index (χ1v) is 8.60. The van der Waals surface area contributed by atoms with Crippen molar-refractivity contribution in [2.24, 2.45) is 0 Å². The third-order valence-electron chi connectivity index (χ3n) is 0. The largest absolute Gasteiger partial charge is 4.00 e. The van der Waals surface area contributed by atoms with E-state index < -0.39 is 31.6 Å². The van der Waals surface area contributed by atoms with Crippen molar-refractivity contribution < 1.29 is 95.3 Å². The average molecular weight is 694 g/mol. The number of rotatable bonds is 0. The molecule has 0 amide bonds. The molecule has 22 heavy (non-hydrogen) atoms. The van der Waals surface area contributed by atoms with Gasteiger partial charge in [0.05, 0.1) is 0 Å². The van der Waals surface area contributed by atoms with Gasteiger partial charge in [-0.2, -0.15) is 0 Å². The van der Waals surface area contributed by atoms with Gasteiger partial charge in [-0.3, -0.25) is 0 Å². The molecule has 22 heteroatoms. The fourth-order valence-corrected chi connectivity index (χ4v) is 0. The molecular formula is F4O12P4SnW-4. The van der Waals surface area contributed by atoms with E-state index >= 15 is 0 Å².